The molecule has 0 amide bonds. The maximum atomic E-state index is 4.22. The highest BCUT2D eigenvalue weighted by Crippen LogP contribution is 2.42. The third-order valence-corrected chi connectivity index (χ3v) is 16.0. The zero-order chi connectivity index (χ0) is 35.9. The number of fused-ring (bicyclic) bond motifs is 5. The Morgan fingerprint density at radius 2 is 0.926 bits per heavy atom. The van der Waals surface area contributed by atoms with E-state index < -0.39 is 8.07 Å². The van der Waals surface area contributed by atoms with Gasteiger partial charge in [-0.05, 0) is 85.7 Å². The third-order valence-electron chi connectivity index (χ3n) is 11.9. The summed E-state index contributed by atoms with van der Waals surface area (Å²) in [5, 5.41) is 11.7. The van der Waals surface area contributed by atoms with Crippen LogP contribution in [0.1, 0.15) is 49.1 Å². The van der Waals surface area contributed by atoms with E-state index in [9.17, 15) is 0 Å². The molecule has 9 aromatic rings. The van der Waals surface area contributed by atoms with Gasteiger partial charge in [0.25, 0.3) is 0 Å². The maximum Gasteiger partial charge on any atom is 0.230 e. The van der Waals surface area contributed by atoms with Crippen LogP contribution in [0.15, 0.2) is 182 Å². The van der Waals surface area contributed by atoms with E-state index in [1.807, 2.05) is 0 Å². The molecule has 54 heavy (non-hydrogen) atoms. The highest BCUT2D eigenvalue weighted by atomic mass is 28.3. The molecule has 0 bridgehead atoms. The molecule has 8 aromatic carbocycles. The van der Waals surface area contributed by atoms with Crippen molar-refractivity contribution in [3.63, 3.8) is 0 Å². The summed E-state index contributed by atoms with van der Waals surface area (Å²) in [7, 11) is -2.97. The van der Waals surface area contributed by atoms with Crippen molar-refractivity contribution in [2.24, 2.45) is 0 Å². The van der Waals surface area contributed by atoms with E-state index in [2.05, 4.69) is 198 Å². The first-order chi connectivity index (χ1) is 26.8. The normalized spacial score (nSPS) is 13.7. The van der Waals surface area contributed by atoms with Crippen LogP contribution in [-0.2, 0) is 0 Å². The summed E-state index contributed by atoms with van der Waals surface area (Å²) in [4.78, 5) is 0. The highest BCUT2D eigenvalue weighted by molar-refractivity contribution is 7.17. The Kier molecular flexibility index (Phi) is 8.24. The lowest BCUT2D eigenvalue weighted by atomic mass is 9.78. The lowest BCUT2D eigenvalue weighted by Crippen LogP contribution is -2.66. The van der Waals surface area contributed by atoms with Crippen LogP contribution in [0.5, 0.6) is 0 Å². The zero-order valence-electron chi connectivity index (χ0n) is 30.4. The van der Waals surface area contributed by atoms with Crippen molar-refractivity contribution >= 4 is 67.0 Å². The molecule has 1 nitrogen and oxygen atoms in total. The van der Waals surface area contributed by atoms with Crippen molar-refractivity contribution in [3.8, 4) is 17.2 Å². The average Bonchev–Trinajstić information content (AvgIpc) is 3.59. The molecule has 0 aliphatic heterocycles. The van der Waals surface area contributed by atoms with Gasteiger partial charge in [-0.25, -0.2) is 0 Å². The molecule has 0 unspecified atom stereocenters. The van der Waals surface area contributed by atoms with E-state index >= 15 is 0 Å². The third kappa shape index (κ3) is 5.31. The van der Waals surface area contributed by atoms with Crippen molar-refractivity contribution < 1.29 is 0 Å². The summed E-state index contributed by atoms with van der Waals surface area (Å²) >= 11 is 0. The topological polar surface area (TPSA) is 4.93 Å². The molecule has 0 saturated heterocycles. The smallest absolute Gasteiger partial charge is 0.230 e. The highest BCUT2D eigenvalue weighted by Gasteiger charge is 2.39. The summed E-state index contributed by atoms with van der Waals surface area (Å²) in [6.45, 7) is 0. The molecular formula is C52H41NSi. The van der Waals surface area contributed by atoms with Crippen molar-refractivity contribution in [1.29, 1.82) is 0 Å². The van der Waals surface area contributed by atoms with E-state index in [-0.39, 0.29) is 0 Å². The van der Waals surface area contributed by atoms with Crippen LogP contribution in [0.3, 0.4) is 0 Å². The molecule has 0 radical (unpaired) electrons. The SMILES string of the molecule is C(#C[Si](c1ccccc1)(c1ccccc1)c1ccc2c(c1)c1ccccc1n2-c1ccccc1)c1c2ccccc2c(C2CCCCC2)c2ccccc12. The Morgan fingerprint density at radius 3 is 1.54 bits per heavy atom. The minimum Gasteiger partial charge on any atom is -0.309 e. The minimum absolute atomic E-state index is 0.586. The molecule has 1 aromatic heterocycles. The first-order valence-electron chi connectivity index (χ1n) is 19.5. The van der Waals surface area contributed by atoms with E-state index in [0.29, 0.717) is 5.92 Å². The minimum atomic E-state index is -2.97. The van der Waals surface area contributed by atoms with Crippen LogP contribution in [0, 0.1) is 11.5 Å². The van der Waals surface area contributed by atoms with Crippen LogP contribution in [0.4, 0.5) is 0 Å². The molecule has 0 atom stereocenters. The molecule has 258 valence electrons. The summed E-state index contributed by atoms with van der Waals surface area (Å²) in [6, 6.07) is 67.2. The van der Waals surface area contributed by atoms with Crippen LogP contribution < -0.4 is 15.6 Å². The fourth-order valence-electron chi connectivity index (χ4n) is 9.44. The predicted molar refractivity (Wildman–Crippen MR) is 232 cm³/mol. The standard InChI is InChI=1S/C52H41NSi/c1-5-19-38(20-6-1)52-47-30-15-13-27-43(47)45(44-28-14-16-31-48(44)52)35-36-54(40-23-9-3-10-24-40,41-25-11-4-12-26-41)42-33-34-51-49(37-42)46-29-17-18-32-50(46)53(51)39-21-7-2-8-22-39/h2-4,7-18,21-34,37-38H,1,5-6,19-20H2. The number of benzene rings is 8. The molecule has 1 fully saturated rings. The first kappa shape index (κ1) is 32.5. The number of aromatic nitrogens is 1. The van der Waals surface area contributed by atoms with Crippen molar-refractivity contribution in [3.05, 3.63) is 193 Å². The van der Waals surface area contributed by atoms with Crippen LogP contribution in [0.2, 0.25) is 0 Å². The molecule has 1 saturated carbocycles. The summed E-state index contributed by atoms with van der Waals surface area (Å²) < 4.78 is 2.40. The molecule has 10 rings (SSSR count). The monoisotopic (exact) mass is 707 g/mol. The van der Waals surface area contributed by atoms with E-state index in [1.165, 1.54) is 102 Å². The Balaban J connectivity index is 1.28. The van der Waals surface area contributed by atoms with Gasteiger partial charge in [-0.2, -0.15) is 0 Å². The van der Waals surface area contributed by atoms with E-state index in [1.54, 1.807) is 0 Å². The van der Waals surface area contributed by atoms with Gasteiger partial charge in [0.05, 0.1) is 11.0 Å². The predicted octanol–water partition coefficient (Wildman–Crippen LogP) is 11.2. The lowest BCUT2D eigenvalue weighted by Gasteiger charge is -2.29. The zero-order valence-corrected chi connectivity index (χ0v) is 31.4. The quantitative estimate of drug-likeness (QED) is 0.0726. The van der Waals surface area contributed by atoms with Gasteiger partial charge in [0.2, 0.25) is 8.07 Å². The van der Waals surface area contributed by atoms with Crippen molar-refractivity contribution in [2.45, 2.75) is 38.0 Å². The average molecular weight is 708 g/mol. The second-order valence-electron chi connectivity index (χ2n) is 14.9. The number of rotatable bonds is 5. The fourth-order valence-corrected chi connectivity index (χ4v) is 13.3. The van der Waals surface area contributed by atoms with Crippen LogP contribution >= 0.6 is 0 Å². The molecule has 1 heterocycles. The number of hydrogen-bond acceptors (Lipinski definition) is 0. The van der Waals surface area contributed by atoms with Gasteiger partial charge in [0.15, 0.2) is 0 Å². The molecule has 1 aliphatic rings. The van der Waals surface area contributed by atoms with Gasteiger partial charge in [-0.1, -0.05) is 183 Å². The lowest BCUT2D eigenvalue weighted by molar-refractivity contribution is 0.447. The van der Waals surface area contributed by atoms with Crippen LogP contribution in [0.25, 0.3) is 49.0 Å². The summed E-state index contributed by atoms with van der Waals surface area (Å²) in [5.74, 6) is 4.61. The van der Waals surface area contributed by atoms with Gasteiger partial charge >= 0.3 is 0 Å². The second kappa shape index (κ2) is 13.7. The Morgan fingerprint density at radius 1 is 0.426 bits per heavy atom. The molecule has 2 heteroatoms. The van der Waals surface area contributed by atoms with Crippen molar-refractivity contribution in [2.75, 3.05) is 0 Å². The Labute approximate surface area is 318 Å². The fraction of sp³-hybridized carbons (Fsp3) is 0.115. The van der Waals surface area contributed by atoms with Gasteiger partial charge in [-0.15, -0.1) is 5.54 Å². The second-order valence-corrected chi connectivity index (χ2v) is 18.3. The van der Waals surface area contributed by atoms with Gasteiger partial charge < -0.3 is 4.57 Å². The number of para-hydroxylation sites is 2. The van der Waals surface area contributed by atoms with Gasteiger partial charge in [0.1, 0.15) is 0 Å². The number of hydrogen-bond donors (Lipinski definition) is 0. The Bertz CT molecular complexity index is 2760. The van der Waals surface area contributed by atoms with Gasteiger partial charge in [-0.3, -0.25) is 0 Å². The van der Waals surface area contributed by atoms with Crippen LogP contribution in [-0.4, -0.2) is 12.6 Å². The largest absolute Gasteiger partial charge is 0.309 e. The molecule has 0 spiro atoms. The van der Waals surface area contributed by atoms with Crippen molar-refractivity contribution in [1.82, 2.24) is 4.57 Å². The Hall–Kier alpha value is -6.14. The van der Waals surface area contributed by atoms with E-state index in [0.717, 1.165) is 5.56 Å². The molecule has 1 aliphatic carbocycles. The van der Waals surface area contributed by atoms with Gasteiger partial charge in [0, 0.05) is 22.0 Å². The maximum absolute atomic E-state index is 4.22. The molecular weight excluding hydrogens is 667 g/mol. The summed E-state index contributed by atoms with van der Waals surface area (Å²) in [5.41, 5.74) is 10.5. The first-order valence-corrected chi connectivity index (χ1v) is 21.5. The number of nitrogens with zero attached hydrogens (tertiary/aromatic N) is 1. The van der Waals surface area contributed by atoms with E-state index in [4.69, 9.17) is 0 Å². The summed E-state index contributed by atoms with van der Waals surface area (Å²) in [6.07, 6.45) is 6.50. The molecule has 0 N–H and O–H groups in total.